The van der Waals surface area contributed by atoms with Crippen LogP contribution in [0.1, 0.15) is 5.56 Å². The maximum absolute atomic E-state index is 13.6. The molecule has 0 aliphatic carbocycles. The summed E-state index contributed by atoms with van der Waals surface area (Å²) in [6, 6.07) is 11.0. The van der Waals surface area contributed by atoms with E-state index in [0.717, 1.165) is 5.39 Å². The third-order valence-electron chi connectivity index (χ3n) is 2.11. The molecule has 64 valence electrons. The second kappa shape index (κ2) is 3.02. The Kier molecular flexibility index (Phi) is 1.85. The summed E-state index contributed by atoms with van der Waals surface area (Å²) < 4.78 is 13.6. The third-order valence-corrected chi connectivity index (χ3v) is 2.11. The number of rotatable bonds is 1. The first-order chi connectivity index (χ1) is 6.33. The van der Waals surface area contributed by atoms with Crippen LogP contribution in [0.25, 0.3) is 16.8 Å². The number of hydrogen-bond donors (Lipinski definition) is 0. The van der Waals surface area contributed by atoms with Crippen LogP contribution in [0.4, 0.5) is 4.39 Å². The van der Waals surface area contributed by atoms with Crippen LogP contribution in [0, 0.1) is 5.82 Å². The van der Waals surface area contributed by atoms with Gasteiger partial charge in [-0.2, -0.15) is 0 Å². The Morgan fingerprint density at radius 2 is 1.85 bits per heavy atom. The van der Waals surface area contributed by atoms with Crippen LogP contribution in [0.2, 0.25) is 0 Å². The molecular weight excluding hydrogens is 163 g/mol. The zero-order valence-corrected chi connectivity index (χ0v) is 7.13. The molecule has 0 amide bonds. The van der Waals surface area contributed by atoms with E-state index in [-0.39, 0.29) is 5.82 Å². The summed E-state index contributed by atoms with van der Waals surface area (Å²) in [6.45, 7) is 3.56. The van der Waals surface area contributed by atoms with Gasteiger partial charge >= 0.3 is 0 Å². The molecule has 13 heavy (non-hydrogen) atoms. The highest BCUT2D eigenvalue weighted by Gasteiger charge is 2.02. The highest BCUT2D eigenvalue weighted by Crippen LogP contribution is 2.21. The quantitative estimate of drug-likeness (QED) is 0.616. The van der Waals surface area contributed by atoms with Crippen molar-refractivity contribution in [3.05, 3.63) is 54.4 Å². The predicted molar refractivity (Wildman–Crippen MR) is 54.0 cm³/mol. The zero-order chi connectivity index (χ0) is 9.26. The molecule has 0 bridgehead atoms. The summed E-state index contributed by atoms with van der Waals surface area (Å²) >= 11 is 0. The van der Waals surface area contributed by atoms with E-state index in [9.17, 15) is 4.39 Å². The summed E-state index contributed by atoms with van der Waals surface area (Å²) in [5.41, 5.74) is 0.554. The van der Waals surface area contributed by atoms with E-state index in [1.54, 1.807) is 12.1 Å². The number of benzene rings is 2. The van der Waals surface area contributed by atoms with Gasteiger partial charge in [0.2, 0.25) is 0 Å². The lowest BCUT2D eigenvalue weighted by molar-refractivity contribution is 0.637. The summed E-state index contributed by atoms with van der Waals surface area (Å²) in [7, 11) is 0. The van der Waals surface area contributed by atoms with Gasteiger partial charge in [-0.1, -0.05) is 49.1 Å². The van der Waals surface area contributed by atoms with Crippen LogP contribution in [-0.2, 0) is 0 Å². The summed E-state index contributed by atoms with van der Waals surface area (Å²) in [4.78, 5) is 0. The molecule has 0 N–H and O–H groups in total. The molecule has 0 radical (unpaired) electrons. The topological polar surface area (TPSA) is 0 Å². The summed E-state index contributed by atoms with van der Waals surface area (Å²) in [5, 5.41) is 1.57. The van der Waals surface area contributed by atoms with Crippen LogP contribution in [-0.4, -0.2) is 0 Å². The molecule has 2 aromatic carbocycles. The third kappa shape index (κ3) is 1.22. The molecule has 0 saturated carbocycles. The number of fused-ring (bicyclic) bond motifs is 1. The molecular formula is C12H9F. The van der Waals surface area contributed by atoms with E-state index < -0.39 is 0 Å². The van der Waals surface area contributed by atoms with Crippen molar-refractivity contribution in [3.8, 4) is 0 Å². The van der Waals surface area contributed by atoms with Crippen LogP contribution in [0.15, 0.2) is 43.0 Å². The van der Waals surface area contributed by atoms with Crippen molar-refractivity contribution >= 4 is 16.8 Å². The molecule has 2 aromatic rings. The Bertz CT molecular complexity index is 458. The maximum Gasteiger partial charge on any atom is 0.138 e. The van der Waals surface area contributed by atoms with E-state index in [4.69, 9.17) is 0 Å². The first kappa shape index (κ1) is 7.99. The van der Waals surface area contributed by atoms with Gasteiger partial charge in [0.15, 0.2) is 0 Å². The van der Waals surface area contributed by atoms with Crippen LogP contribution in [0.3, 0.4) is 0 Å². The Balaban J connectivity index is 2.86. The van der Waals surface area contributed by atoms with E-state index in [2.05, 4.69) is 6.58 Å². The largest absolute Gasteiger partial charge is 0.206 e. The molecule has 0 nitrogen and oxygen atoms in total. The lowest BCUT2D eigenvalue weighted by atomic mass is 10.1. The number of halogens is 1. The fourth-order valence-electron chi connectivity index (χ4n) is 1.41. The first-order valence-electron chi connectivity index (χ1n) is 4.12. The highest BCUT2D eigenvalue weighted by atomic mass is 19.1. The van der Waals surface area contributed by atoms with Gasteiger partial charge in [0.1, 0.15) is 5.82 Å². The Morgan fingerprint density at radius 3 is 2.62 bits per heavy atom. The highest BCUT2D eigenvalue weighted by molar-refractivity contribution is 5.85. The van der Waals surface area contributed by atoms with Crippen LogP contribution >= 0.6 is 0 Å². The predicted octanol–water partition coefficient (Wildman–Crippen LogP) is 3.62. The van der Waals surface area contributed by atoms with Crippen molar-refractivity contribution in [2.45, 2.75) is 0 Å². The fraction of sp³-hybridized carbons (Fsp3) is 0. The van der Waals surface area contributed by atoms with Gasteiger partial charge in [-0.3, -0.25) is 0 Å². The molecule has 0 aliphatic heterocycles. The molecule has 1 heteroatoms. The average molecular weight is 172 g/mol. The van der Waals surface area contributed by atoms with Gasteiger partial charge in [-0.25, -0.2) is 4.39 Å². The van der Waals surface area contributed by atoms with E-state index in [0.29, 0.717) is 10.9 Å². The lowest BCUT2D eigenvalue weighted by Gasteiger charge is -2.01. The second-order valence-electron chi connectivity index (χ2n) is 2.89. The Morgan fingerprint density at radius 1 is 1.08 bits per heavy atom. The molecule has 0 aliphatic rings. The van der Waals surface area contributed by atoms with Crippen LogP contribution < -0.4 is 0 Å². The van der Waals surface area contributed by atoms with Gasteiger partial charge in [0, 0.05) is 10.9 Å². The Hall–Kier alpha value is -1.63. The van der Waals surface area contributed by atoms with Crippen molar-refractivity contribution in [3.63, 3.8) is 0 Å². The fourth-order valence-corrected chi connectivity index (χ4v) is 1.41. The van der Waals surface area contributed by atoms with Crippen LogP contribution in [0.5, 0.6) is 0 Å². The molecule has 0 saturated heterocycles. The molecule has 0 heterocycles. The molecule has 2 rings (SSSR count). The molecule has 0 aromatic heterocycles. The second-order valence-corrected chi connectivity index (χ2v) is 2.89. The van der Waals surface area contributed by atoms with Crippen molar-refractivity contribution in [2.24, 2.45) is 0 Å². The van der Waals surface area contributed by atoms with E-state index >= 15 is 0 Å². The van der Waals surface area contributed by atoms with Gasteiger partial charge < -0.3 is 0 Å². The van der Waals surface area contributed by atoms with Crippen molar-refractivity contribution < 1.29 is 4.39 Å². The first-order valence-corrected chi connectivity index (χ1v) is 4.12. The van der Waals surface area contributed by atoms with Crippen molar-refractivity contribution in [1.29, 1.82) is 0 Å². The van der Waals surface area contributed by atoms with Crippen molar-refractivity contribution in [1.82, 2.24) is 0 Å². The van der Waals surface area contributed by atoms with Crippen molar-refractivity contribution in [2.75, 3.05) is 0 Å². The number of hydrogen-bond acceptors (Lipinski definition) is 0. The molecule has 0 spiro atoms. The minimum Gasteiger partial charge on any atom is -0.206 e. The molecule has 0 unspecified atom stereocenters. The van der Waals surface area contributed by atoms with E-state index in [1.807, 2.05) is 24.3 Å². The minimum atomic E-state index is -0.187. The minimum absolute atomic E-state index is 0.187. The maximum atomic E-state index is 13.6. The zero-order valence-electron chi connectivity index (χ0n) is 7.13. The van der Waals surface area contributed by atoms with Gasteiger partial charge in [-0.15, -0.1) is 0 Å². The SMILES string of the molecule is C=Cc1ccc2ccccc2c1F. The Labute approximate surface area is 76.3 Å². The lowest BCUT2D eigenvalue weighted by Crippen LogP contribution is -1.83. The van der Waals surface area contributed by atoms with Gasteiger partial charge in [0.25, 0.3) is 0 Å². The monoisotopic (exact) mass is 172 g/mol. The molecule has 0 fully saturated rings. The normalized spacial score (nSPS) is 10.2. The standard InChI is InChI=1S/C12H9F/c1-2-9-7-8-10-5-3-4-6-11(10)12(9)13/h2-8H,1H2. The van der Waals surface area contributed by atoms with Gasteiger partial charge in [-0.05, 0) is 5.39 Å². The summed E-state index contributed by atoms with van der Waals surface area (Å²) in [5.74, 6) is -0.187. The summed E-state index contributed by atoms with van der Waals surface area (Å²) in [6.07, 6.45) is 1.53. The smallest absolute Gasteiger partial charge is 0.138 e. The average Bonchev–Trinajstić information content (AvgIpc) is 2.19. The van der Waals surface area contributed by atoms with Gasteiger partial charge in [0.05, 0.1) is 0 Å². The molecule has 0 atom stereocenters. The van der Waals surface area contributed by atoms with E-state index in [1.165, 1.54) is 6.08 Å².